The number of benzene rings is 2. The second-order valence-corrected chi connectivity index (χ2v) is 5.54. The molecule has 0 heterocycles. The number of nitrogens with zero attached hydrogens (tertiary/aromatic N) is 2. The monoisotopic (exact) mass is 351 g/mol. The van der Waals surface area contributed by atoms with Gasteiger partial charge in [0.25, 0.3) is 5.91 Å². The van der Waals surface area contributed by atoms with Crippen molar-refractivity contribution in [1.29, 1.82) is 0 Å². The summed E-state index contributed by atoms with van der Waals surface area (Å²) in [6.07, 6.45) is 3.27. The molecule has 0 fully saturated rings. The van der Waals surface area contributed by atoms with Gasteiger partial charge in [-0.2, -0.15) is 0 Å². The molecular weight excluding hydrogens is 330 g/mol. The number of carbonyl (C=O) groups excluding carboxylic acids is 1. The zero-order valence-corrected chi connectivity index (χ0v) is 14.8. The first-order chi connectivity index (χ1) is 12.5. The van der Waals surface area contributed by atoms with Gasteiger partial charge in [0.2, 0.25) is 0 Å². The van der Waals surface area contributed by atoms with Crippen molar-refractivity contribution in [2.45, 2.75) is 19.8 Å². The number of rotatable bonds is 6. The van der Waals surface area contributed by atoms with Crippen LogP contribution < -0.4 is 5.32 Å². The number of aliphatic imine (C=N–C) groups is 2. The van der Waals surface area contributed by atoms with Crippen LogP contribution in [0.3, 0.4) is 0 Å². The Morgan fingerprint density at radius 1 is 1.08 bits per heavy atom. The van der Waals surface area contributed by atoms with Crippen LogP contribution in [-0.2, 0) is 6.42 Å². The molecule has 0 radical (unpaired) electrons. The Morgan fingerprint density at radius 3 is 2.31 bits per heavy atom. The van der Waals surface area contributed by atoms with Crippen LogP contribution in [0, 0.1) is 0 Å². The molecule has 0 saturated carbocycles. The minimum Gasteiger partial charge on any atom is -0.478 e. The third-order valence-corrected chi connectivity index (χ3v) is 3.66. The van der Waals surface area contributed by atoms with Crippen LogP contribution in [0.15, 0.2) is 58.5 Å². The number of aromatic carboxylic acids is 1. The molecule has 0 saturated heterocycles. The van der Waals surface area contributed by atoms with Crippen LogP contribution in [0.4, 0.5) is 5.69 Å². The van der Waals surface area contributed by atoms with Gasteiger partial charge in [-0.15, -0.1) is 0 Å². The summed E-state index contributed by atoms with van der Waals surface area (Å²) >= 11 is 0. The summed E-state index contributed by atoms with van der Waals surface area (Å²) in [7, 11) is 1.71. The number of carboxylic acids is 1. The summed E-state index contributed by atoms with van der Waals surface area (Å²) in [5.41, 5.74) is 1.70. The van der Waals surface area contributed by atoms with Crippen molar-refractivity contribution in [3.63, 3.8) is 0 Å². The van der Waals surface area contributed by atoms with Crippen LogP contribution in [-0.4, -0.2) is 36.1 Å². The van der Waals surface area contributed by atoms with Crippen molar-refractivity contribution in [3.8, 4) is 0 Å². The lowest BCUT2D eigenvalue weighted by Crippen LogP contribution is -2.16. The van der Waals surface area contributed by atoms with Gasteiger partial charge in [0.15, 0.2) is 0 Å². The van der Waals surface area contributed by atoms with E-state index in [2.05, 4.69) is 15.3 Å². The number of carboxylic acid groups (broad SMARTS) is 1. The molecule has 0 aromatic heterocycles. The highest BCUT2D eigenvalue weighted by atomic mass is 16.4. The quantitative estimate of drug-likeness (QED) is 0.614. The number of amides is 1. The zero-order valence-electron chi connectivity index (χ0n) is 14.8. The van der Waals surface area contributed by atoms with Crippen molar-refractivity contribution >= 4 is 29.6 Å². The van der Waals surface area contributed by atoms with Crippen LogP contribution in [0.1, 0.15) is 39.6 Å². The standard InChI is InChI=1S/C20H21N3O3/c1-3-12-22-18(21-2)13-14-8-10-15(11-9-14)23-19(24)16-6-4-5-7-17(16)20(25)26/h4-12H,3,13H2,1-2H3,(H,23,24)(H,25,26). The first-order valence-corrected chi connectivity index (χ1v) is 8.26. The average Bonchev–Trinajstić information content (AvgIpc) is 2.66. The summed E-state index contributed by atoms with van der Waals surface area (Å²) in [5.74, 6) is -0.858. The molecule has 26 heavy (non-hydrogen) atoms. The molecule has 0 aliphatic carbocycles. The Hall–Kier alpha value is -3.28. The second-order valence-electron chi connectivity index (χ2n) is 5.54. The number of amidine groups is 1. The van der Waals surface area contributed by atoms with Gasteiger partial charge in [0.05, 0.1) is 11.1 Å². The Labute approximate surface area is 152 Å². The molecule has 0 bridgehead atoms. The van der Waals surface area contributed by atoms with Gasteiger partial charge < -0.3 is 10.4 Å². The van der Waals surface area contributed by atoms with E-state index in [1.54, 1.807) is 31.3 Å². The van der Waals surface area contributed by atoms with E-state index >= 15 is 0 Å². The predicted octanol–water partition coefficient (Wildman–Crippen LogP) is 3.69. The maximum Gasteiger partial charge on any atom is 0.336 e. The molecule has 0 unspecified atom stereocenters. The molecule has 0 atom stereocenters. The summed E-state index contributed by atoms with van der Waals surface area (Å²) in [6, 6.07) is 13.4. The van der Waals surface area contributed by atoms with E-state index in [1.165, 1.54) is 12.1 Å². The lowest BCUT2D eigenvalue weighted by Gasteiger charge is -2.08. The van der Waals surface area contributed by atoms with Gasteiger partial charge in [-0.25, -0.2) is 9.79 Å². The molecule has 2 aromatic carbocycles. The highest BCUT2D eigenvalue weighted by Crippen LogP contribution is 2.15. The number of nitrogens with one attached hydrogen (secondary N) is 1. The smallest absolute Gasteiger partial charge is 0.336 e. The summed E-state index contributed by atoms with van der Waals surface area (Å²) in [6.45, 7) is 2.01. The van der Waals surface area contributed by atoms with E-state index in [0.29, 0.717) is 12.1 Å². The lowest BCUT2D eigenvalue weighted by molar-refractivity contribution is 0.0692. The summed E-state index contributed by atoms with van der Waals surface area (Å²) in [5, 5.41) is 11.9. The Morgan fingerprint density at radius 2 is 1.73 bits per heavy atom. The first kappa shape index (κ1) is 19.1. The van der Waals surface area contributed by atoms with Crippen molar-refractivity contribution in [3.05, 3.63) is 65.2 Å². The third-order valence-electron chi connectivity index (χ3n) is 3.66. The molecule has 2 N–H and O–H groups in total. The SMILES string of the molecule is CCC=NC(Cc1ccc(NC(=O)c2ccccc2C(=O)O)cc1)=NC. The molecular formula is C20H21N3O3. The number of carbonyl (C=O) groups is 2. The fraction of sp³-hybridized carbons (Fsp3) is 0.200. The second kappa shape index (κ2) is 9.27. The van der Waals surface area contributed by atoms with Crippen molar-refractivity contribution in [2.24, 2.45) is 9.98 Å². The lowest BCUT2D eigenvalue weighted by atomic mass is 10.1. The molecule has 0 aliphatic heterocycles. The molecule has 6 nitrogen and oxygen atoms in total. The normalized spacial score (nSPS) is 11.5. The molecule has 0 aliphatic rings. The Kier molecular flexibility index (Phi) is 6.79. The van der Waals surface area contributed by atoms with Gasteiger partial charge in [-0.3, -0.25) is 9.79 Å². The van der Waals surface area contributed by atoms with Crippen LogP contribution >= 0.6 is 0 Å². The van der Waals surface area contributed by atoms with Gasteiger partial charge in [-0.05, 0) is 36.2 Å². The van der Waals surface area contributed by atoms with Gasteiger partial charge in [-0.1, -0.05) is 31.2 Å². The van der Waals surface area contributed by atoms with E-state index in [9.17, 15) is 14.7 Å². The van der Waals surface area contributed by atoms with E-state index in [-0.39, 0.29) is 11.1 Å². The summed E-state index contributed by atoms with van der Waals surface area (Å²) in [4.78, 5) is 32.0. The minimum atomic E-state index is -1.13. The van der Waals surface area contributed by atoms with E-state index < -0.39 is 11.9 Å². The fourth-order valence-electron chi connectivity index (χ4n) is 2.33. The minimum absolute atomic E-state index is 0.0285. The van der Waals surface area contributed by atoms with Crippen LogP contribution in [0.5, 0.6) is 0 Å². The highest BCUT2D eigenvalue weighted by Gasteiger charge is 2.15. The zero-order chi connectivity index (χ0) is 18.9. The van der Waals surface area contributed by atoms with Crippen LogP contribution in [0.2, 0.25) is 0 Å². The first-order valence-electron chi connectivity index (χ1n) is 8.26. The van der Waals surface area contributed by atoms with Gasteiger partial charge >= 0.3 is 5.97 Å². The molecule has 0 spiro atoms. The average molecular weight is 351 g/mol. The number of anilines is 1. The summed E-state index contributed by atoms with van der Waals surface area (Å²) < 4.78 is 0. The third kappa shape index (κ3) is 5.11. The van der Waals surface area contributed by atoms with E-state index in [4.69, 9.17) is 0 Å². The van der Waals surface area contributed by atoms with Crippen molar-refractivity contribution in [2.75, 3.05) is 12.4 Å². The Bertz CT molecular complexity index is 840. The molecule has 6 heteroatoms. The van der Waals surface area contributed by atoms with Gasteiger partial charge in [0, 0.05) is 25.4 Å². The molecule has 2 rings (SSSR count). The largest absolute Gasteiger partial charge is 0.478 e. The maximum atomic E-state index is 12.4. The molecule has 134 valence electrons. The number of hydrogen-bond donors (Lipinski definition) is 2. The maximum absolute atomic E-state index is 12.4. The molecule has 1 amide bonds. The van der Waals surface area contributed by atoms with Crippen molar-refractivity contribution in [1.82, 2.24) is 0 Å². The van der Waals surface area contributed by atoms with E-state index in [1.807, 2.05) is 25.3 Å². The highest BCUT2D eigenvalue weighted by molar-refractivity contribution is 6.10. The topological polar surface area (TPSA) is 91.1 Å². The Balaban J connectivity index is 2.09. The van der Waals surface area contributed by atoms with E-state index in [0.717, 1.165) is 17.8 Å². The van der Waals surface area contributed by atoms with Crippen LogP contribution in [0.25, 0.3) is 0 Å². The molecule has 2 aromatic rings. The fourth-order valence-corrected chi connectivity index (χ4v) is 2.33. The number of hydrogen-bond acceptors (Lipinski definition) is 3. The van der Waals surface area contributed by atoms with Gasteiger partial charge in [0.1, 0.15) is 5.84 Å². The predicted molar refractivity (Wildman–Crippen MR) is 104 cm³/mol. The van der Waals surface area contributed by atoms with Crippen molar-refractivity contribution < 1.29 is 14.7 Å².